The minimum atomic E-state index is -1.37. The Hall–Kier alpha value is -0.530. The molecule has 18 heavy (non-hydrogen) atoms. The summed E-state index contributed by atoms with van der Waals surface area (Å²) >= 11 is 0. The van der Waals surface area contributed by atoms with Gasteiger partial charge in [-0.25, -0.2) is 0 Å². The molecule has 0 aromatic rings. The van der Waals surface area contributed by atoms with Crippen LogP contribution in [0.1, 0.15) is 33.6 Å². The summed E-state index contributed by atoms with van der Waals surface area (Å²) in [5.41, 5.74) is 4.38. The van der Waals surface area contributed by atoms with Gasteiger partial charge in [-0.15, -0.1) is 0 Å². The third-order valence-corrected chi connectivity index (χ3v) is 3.40. The van der Waals surface area contributed by atoms with Gasteiger partial charge < -0.3 is 25.4 Å². The minimum absolute atomic E-state index is 0.201. The summed E-state index contributed by atoms with van der Waals surface area (Å²) < 4.78 is 10.9. The molecule has 5 atom stereocenters. The molecule has 0 amide bonds. The second kappa shape index (κ2) is 6.08. The van der Waals surface area contributed by atoms with E-state index in [0.29, 0.717) is 6.42 Å². The quantitative estimate of drug-likeness (QED) is 0.620. The second-order valence-corrected chi connectivity index (χ2v) is 5.11. The molecular weight excluding hydrogens is 238 g/mol. The Morgan fingerprint density at radius 3 is 2.72 bits per heavy atom. The van der Waals surface area contributed by atoms with Gasteiger partial charge in [-0.05, 0) is 20.8 Å². The highest BCUT2D eigenvalue weighted by Gasteiger charge is 2.34. The molecule has 0 radical (unpaired) electrons. The number of ether oxygens (including phenoxy) is 2. The topological polar surface area (TPSA) is 102 Å². The zero-order valence-electron chi connectivity index (χ0n) is 11.1. The van der Waals surface area contributed by atoms with E-state index in [-0.39, 0.29) is 31.0 Å². The monoisotopic (exact) mass is 261 g/mol. The Bertz CT molecular complexity index is 282. The van der Waals surface area contributed by atoms with Gasteiger partial charge in [0.25, 0.3) is 0 Å². The summed E-state index contributed by atoms with van der Waals surface area (Å²) in [6.45, 7) is 4.72. The van der Waals surface area contributed by atoms with E-state index in [1.54, 1.807) is 6.92 Å². The van der Waals surface area contributed by atoms with E-state index in [2.05, 4.69) is 0 Å². The Labute approximate surface area is 107 Å². The average Bonchev–Trinajstić information content (AvgIpc) is 2.25. The highest BCUT2D eigenvalue weighted by atomic mass is 16.7. The average molecular weight is 261 g/mol. The first-order chi connectivity index (χ1) is 8.24. The molecule has 0 bridgehead atoms. The normalized spacial score (nSPS) is 36.1. The number of carbonyl (C=O) groups excluding carboxylic acids is 1. The molecule has 1 fully saturated rings. The Balaban J connectivity index is 2.34. The van der Waals surface area contributed by atoms with Crippen LogP contribution in [0.5, 0.6) is 0 Å². The summed E-state index contributed by atoms with van der Waals surface area (Å²) in [5.74, 6) is -0.295. The molecule has 1 aliphatic heterocycles. The van der Waals surface area contributed by atoms with Crippen LogP contribution >= 0.6 is 0 Å². The summed E-state index contributed by atoms with van der Waals surface area (Å²) in [6.07, 6.45) is -0.972. The molecule has 0 spiro atoms. The summed E-state index contributed by atoms with van der Waals surface area (Å²) in [5, 5.41) is 19.3. The fourth-order valence-corrected chi connectivity index (χ4v) is 1.76. The van der Waals surface area contributed by atoms with Crippen molar-refractivity contribution in [2.75, 3.05) is 6.61 Å². The fraction of sp³-hybridized carbons (Fsp3) is 0.917. The van der Waals surface area contributed by atoms with Crippen LogP contribution < -0.4 is 5.73 Å². The predicted octanol–water partition coefficient (Wildman–Crippen LogP) is -0.444. The minimum Gasteiger partial charge on any atom is -0.389 e. The molecule has 6 heteroatoms. The van der Waals surface area contributed by atoms with E-state index >= 15 is 0 Å². The van der Waals surface area contributed by atoms with Gasteiger partial charge in [0.2, 0.25) is 0 Å². The maximum Gasteiger partial charge on any atom is 0.161 e. The number of ketones is 1. The van der Waals surface area contributed by atoms with Crippen LogP contribution in [0.15, 0.2) is 0 Å². The Morgan fingerprint density at radius 1 is 1.61 bits per heavy atom. The van der Waals surface area contributed by atoms with Crippen molar-refractivity contribution in [3.63, 3.8) is 0 Å². The van der Waals surface area contributed by atoms with Crippen molar-refractivity contribution in [1.82, 2.24) is 0 Å². The van der Waals surface area contributed by atoms with E-state index in [0.717, 1.165) is 0 Å². The third-order valence-electron chi connectivity index (χ3n) is 3.40. The van der Waals surface area contributed by atoms with E-state index < -0.39 is 18.0 Å². The lowest BCUT2D eigenvalue weighted by molar-refractivity contribution is -0.225. The zero-order chi connectivity index (χ0) is 13.9. The summed E-state index contributed by atoms with van der Waals surface area (Å²) in [7, 11) is 0. The van der Waals surface area contributed by atoms with Crippen molar-refractivity contribution in [3.05, 3.63) is 0 Å². The van der Waals surface area contributed by atoms with E-state index in [4.69, 9.17) is 15.2 Å². The first-order valence-corrected chi connectivity index (χ1v) is 6.18. The van der Waals surface area contributed by atoms with E-state index in [1.165, 1.54) is 13.8 Å². The molecule has 0 aromatic heterocycles. The first kappa shape index (κ1) is 15.5. The van der Waals surface area contributed by atoms with Gasteiger partial charge in [-0.3, -0.25) is 4.79 Å². The number of rotatable bonds is 5. The highest BCUT2D eigenvalue weighted by molar-refractivity contribution is 5.84. The van der Waals surface area contributed by atoms with E-state index in [9.17, 15) is 15.0 Å². The molecule has 1 heterocycles. The number of carbonyl (C=O) groups is 1. The van der Waals surface area contributed by atoms with Crippen LogP contribution in [-0.4, -0.2) is 52.7 Å². The second-order valence-electron chi connectivity index (χ2n) is 5.11. The molecule has 6 nitrogen and oxygen atoms in total. The predicted molar refractivity (Wildman–Crippen MR) is 64.8 cm³/mol. The van der Waals surface area contributed by atoms with Crippen molar-refractivity contribution in [2.24, 2.45) is 5.73 Å². The van der Waals surface area contributed by atoms with E-state index in [1.807, 2.05) is 0 Å². The molecule has 4 N–H and O–H groups in total. The molecule has 106 valence electrons. The number of Topliss-reactive ketones (excluding diaryl/α,β-unsaturated/α-hetero) is 1. The van der Waals surface area contributed by atoms with Crippen molar-refractivity contribution in [1.29, 1.82) is 0 Å². The van der Waals surface area contributed by atoms with Crippen molar-refractivity contribution >= 4 is 5.78 Å². The fourth-order valence-electron chi connectivity index (χ4n) is 1.76. The molecule has 1 saturated heterocycles. The van der Waals surface area contributed by atoms with Gasteiger partial charge >= 0.3 is 0 Å². The SMILES string of the molecule is CC(=O)C(C)(O)CCOC1CC(N)C(O)C(C)O1. The van der Waals surface area contributed by atoms with Gasteiger partial charge in [0, 0.05) is 18.9 Å². The molecule has 0 saturated carbocycles. The van der Waals surface area contributed by atoms with Crippen LogP contribution in [0.25, 0.3) is 0 Å². The number of aliphatic hydroxyl groups is 2. The van der Waals surface area contributed by atoms with Crippen LogP contribution in [0.4, 0.5) is 0 Å². The van der Waals surface area contributed by atoms with Crippen LogP contribution in [-0.2, 0) is 14.3 Å². The van der Waals surface area contributed by atoms with Crippen molar-refractivity contribution < 1.29 is 24.5 Å². The Kier molecular flexibility index (Phi) is 5.24. The maximum absolute atomic E-state index is 11.1. The molecule has 0 aromatic carbocycles. The number of aliphatic hydroxyl groups excluding tert-OH is 1. The van der Waals surface area contributed by atoms with Gasteiger partial charge in [0.15, 0.2) is 12.1 Å². The lowest BCUT2D eigenvalue weighted by Gasteiger charge is -2.36. The first-order valence-electron chi connectivity index (χ1n) is 6.18. The molecule has 1 rings (SSSR count). The van der Waals surface area contributed by atoms with Crippen LogP contribution in [0.2, 0.25) is 0 Å². The van der Waals surface area contributed by atoms with Gasteiger partial charge in [0.1, 0.15) is 5.60 Å². The number of nitrogens with two attached hydrogens (primary N) is 1. The molecule has 0 aliphatic carbocycles. The third kappa shape index (κ3) is 4.00. The lowest BCUT2D eigenvalue weighted by atomic mass is 9.98. The number of hydrogen-bond acceptors (Lipinski definition) is 6. The summed E-state index contributed by atoms with van der Waals surface area (Å²) in [4.78, 5) is 11.1. The van der Waals surface area contributed by atoms with Gasteiger partial charge in [-0.1, -0.05) is 0 Å². The van der Waals surface area contributed by atoms with Crippen molar-refractivity contribution in [2.45, 2.75) is 63.8 Å². The van der Waals surface area contributed by atoms with Crippen molar-refractivity contribution in [3.8, 4) is 0 Å². The largest absolute Gasteiger partial charge is 0.389 e. The number of hydrogen-bond donors (Lipinski definition) is 3. The zero-order valence-corrected chi connectivity index (χ0v) is 11.1. The van der Waals surface area contributed by atoms with Crippen LogP contribution in [0.3, 0.4) is 0 Å². The van der Waals surface area contributed by atoms with Crippen LogP contribution in [0, 0.1) is 0 Å². The standard InChI is InChI=1S/C12H23NO5/c1-7-11(15)9(13)6-10(18-7)17-5-4-12(3,16)8(2)14/h7,9-11,15-16H,4-6,13H2,1-3H3. The molecule has 1 aliphatic rings. The highest BCUT2D eigenvalue weighted by Crippen LogP contribution is 2.20. The Morgan fingerprint density at radius 2 is 2.22 bits per heavy atom. The maximum atomic E-state index is 11.1. The lowest BCUT2D eigenvalue weighted by Crippen LogP contribution is -2.51. The summed E-state index contributed by atoms with van der Waals surface area (Å²) in [6, 6.07) is -0.382. The molecule has 5 unspecified atom stereocenters. The van der Waals surface area contributed by atoms with Gasteiger partial charge in [-0.2, -0.15) is 0 Å². The smallest absolute Gasteiger partial charge is 0.161 e. The molecular formula is C12H23NO5. The van der Waals surface area contributed by atoms with Gasteiger partial charge in [0.05, 0.1) is 18.8 Å².